The van der Waals surface area contributed by atoms with E-state index in [0.29, 0.717) is 13.2 Å². The molecule has 0 bridgehead atoms. The van der Waals surface area contributed by atoms with Gasteiger partial charge in [-0.05, 0) is 38.3 Å². The Morgan fingerprint density at radius 2 is 2.18 bits per heavy atom. The second-order valence-corrected chi connectivity index (χ2v) is 5.76. The zero-order valence-electron chi connectivity index (χ0n) is 12.7. The van der Waals surface area contributed by atoms with Crippen LogP contribution in [0, 0.1) is 0 Å². The maximum Gasteiger partial charge on any atom is 0.340 e. The third-order valence-corrected chi connectivity index (χ3v) is 4.51. The third kappa shape index (κ3) is 1.86. The number of nitrogens with zero attached hydrogens (tertiary/aromatic N) is 1. The molecule has 0 saturated heterocycles. The van der Waals surface area contributed by atoms with E-state index in [-0.39, 0.29) is 5.97 Å². The Hall–Kier alpha value is -2.23. The molecule has 114 valence electrons. The Bertz CT molecular complexity index is 745. The molecular formula is C18H19NO3. The highest BCUT2D eigenvalue weighted by atomic mass is 16.5. The average Bonchev–Trinajstić information content (AvgIpc) is 2.90. The smallest absolute Gasteiger partial charge is 0.340 e. The summed E-state index contributed by atoms with van der Waals surface area (Å²) in [7, 11) is 0. The van der Waals surface area contributed by atoms with Crippen molar-refractivity contribution in [2.45, 2.75) is 39.3 Å². The molecule has 0 unspecified atom stereocenters. The van der Waals surface area contributed by atoms with Crippen molar-refractivity contribution in [1.29, 1.82) is 0 Å². The van der Waals surface area contributed by atoms with Gasteiger partial charge in [-0.25, -0.2) is 4.79 Å². The van der Waals surface area contributed by atoms with E-state index < -0.39 is 0 Å². The highest BCUT2D eigenvalue weighted by Gasteiger charge is 2.33. The van der Waals surface area contributed by atoms with Gasteiger partial charge in [-0.3, -0.25) is 0 Å². The van der Waals surface area contributed by atoms with Gasteiger partial charge in [0, 0.05) is 23.4 Å². The molecule has 1 aromatic carbocycles. The molecule has 0 saturated carbocycles. The van der Waals surface area contributed by atoms with Crippen LogP contribution in [-0.4, -0.2) is 17.1 Å². The molecule has 4 rings (SSSR count). The summed E-state index contributed by atoms with van der Waals surface area (Å²) in [5.41, 5.74) is 5.09. The van der Waals surface area contributed by atoms with Crippen LogP contribution < -0.4 is 4.74 Å². The van der Waals surface area contributed by atoms with Gasteiger partial charge in [0.25, 0.3) is 0 Å². The van der Waals surface area contributed by atoms with Gasteiger partial charge in [0.15, 0.2) is 0 Å². The largest absolute Gasteiger partial charge is 0.488 e. The van der Waals surface area contributed by atoms with Gasteiger partial charge in [0.1, 0.15) is 12.4 Å². The second-order valence-electron chi connectivity index (χ2n) is 5.76. The number of hydrogen-bond donors (Lipinski definition) is 0. The van der Waals surface area contributed by atoms with Crippen LogP contribution in [0.2, 0.25) is 0 Å². The van der Waals surface area contributed by atoms with Crippen LogP contribution in [0.15, 0.2) is 24.3 Å². The standard InChI is InChI=1S/C18H19NO3/c1-2-21-18(20)16-13-11-22-15-9-4-3-7-12(15)17(13)19-10-6-5-8-14(16)19/h3-4,7,9H,2,5-6,8,10-11H2,1H3. The van der Waals surface area contributed by atoms with Crippen LogP contribution >= 0.6 is 0 Å². The summed E-state index contributed by atoms with van der Waals surface area (Å²) in [4.78, 5) is 12.5. The lowest BCUT2D eigenvalue weighted by molar-refractivity contribution is 0.0521. The zero-order chi connectivity index (χ0) is 15.1. The Labute approximate surface area is 129 Å². The molecular weight excluding hydrogens is 278 g/mol. The van der Waals surface area contributed by atoms with Crippen LogP contribution in [0.25, 0.3) is 11.3 Å². The van der Waals surface area contributed by atoms with E-state index in [2.05, 4.69) is 10.6 Å². The summed E-state index contributed by atoms with van der Waals surface area (Å²) in [5, 5.41) is 0. The number of rotatable bonds is 2. The first-order chi connectivity index (χ1) is 10.8. The van der Waals surface area contributed by atoms with Gasteiger partial charge in [-0.2, -0.15) is 0 Å². The molecule has 2 aliphatic heterocycles. The van der Waals surface area contributed by atoms with Crippen LogP contribution in [0.1, 0.15) is 41.4 Å². The van der Waals surface area contributed by atoms with Crippen molar-refractivity contribution in [2.75, 3.05) is 6.61 Å². The molecule has 3 heterocycles. The minimum absolute atomic E-state index is 0.211. The molecule has 22 heavy (non-hydrogen) atoms. The monoisotopic (exact) mass is 297 g/mol. The number of carbonyl (C=O) groups is 1. The predicted octanol–water partition coefficient (Wildman–Crippen LogP) is 3.56. The fourth-order valence-electron chi connectivity index (χ4n) is 3.63. The van der Waals surface area contributed by atoms with Crippen molar-refractivity contribution in [2.24, 2.45) is 0 Å². The summed E-state index contributed by atoms with van der Waals surface area (Å²) in [6.07, 6.45) is 3.21. The van der Waals surface area contributed by atoms with Gasteiger partial charge < -0.3 is 14.0 Å². The van der Waals surface area contributed by atoms with Crippen LogP contribution in [0.5, 0.6) is 5.75 Å². The highest BCUT2D eigenvalue weighted by molar-refractivity contribution is 5.96. The number of para-hydroxylation sites is 1. The summed E-state index contributed by atoms with van der Waals surface area (Å²) in [5.74, 6) is 0.689. The number of hydrogen-bond acceptors (Lipinski definition) is 3. The van der Waals surface area contributed by atoms with E-state index in [1.807, 2.05) is 25.1 Å². The Morgan fingerprint density at radius 1 is 1.32 bits per heavy atom. The van der Waals surface area contributed by atoms with E-state index in [4.69, 9.17) is 9.47 Å². The SMILES string of the molecule is CCOC(=O)c1c2c(n3c1CCCC3)-c1ccccc1OC2. The van der Waals surface area contributed by atoms with E-state index in [1.54, 1.807) is 0 Å². The number of aromatic nitrogens is 1. The van der Waals surface area contributed by atoms with E-state index in [9.17, 15) is 4.79 Å². The molecule has 0 atom stereocenters. The van der Waals surface area contributed by atoms with Gasteiger partial charge in [0.2, 0.25) is 0 Å². The molecule has 4 heteroatoms. The fourth-order valence-corrected chi connectivity index (χ4v) is 3.63. The molecule has 0 radical (unpaired) electrons. The Kier molecular flexibility index (Phi) is 3.17. The highest BCUT2D eigenvalue weighted by Crippen LogP contribution is 2.43. The normalized spacial score (nSPS) is 15.3. The number of ether oxygens (including phenoxy) is 2. The molecule has 2 aliphatic rings. The molecule has 2 aromatic rings. The minimum atomic E-state index is -0.211. The van der Waals surface area contributed by atoms with Crippen LogP contribution in [0.4, 0.5) is 0 Å². The maximum atomic E-state index is 12.5. The molecule has 1 aromatic heterocycles. The summed E-state index contributed by atoms with van der Waals surface area (Å²) in [6, 6.07) is 8.06. The molecule has 0 N–H and O–H groups in total. The average molecular weight is 297 g/mol. The number of fused-ring (bicyclic) bond motifs is 5. The number of carbonyl (C=O) groups excluding carboxylic acids is 1. The molecule has 4 nitrogen and oxygen atoms in total. The lowest BCUT2D eigenvalue weighted by Gasteiger charge is -2.22. The molecule has 0 aliphatic carbocycles. The fraction of sp³-hybridized carbons (Fsp3) is 0.389. The summed E-state index contributed by atoms with van der Waals surface area (Å²) < 4.78 is 13.5. The van der Waals surface area contributed by atoms with Crippen molar-refractivity contribution in [1.82, 2.24) is 4.57 Å². The lowest BCUT2D eigenvalue weighted by Crippen LogP contribution is -2.14. The minimum Gasteiger partial charge on any atom is -0.488 e. The quantitative estimate of drug-likeness (QED) is 0.796. The van der Waals surface area contributed by atoms with Crippen molar-refractivity contribution >= 4 is 5.97 Å². The van der Waals surface area contributed by atoms with Gasteiger partial charge in [-0.15, -0.1) is 0 Å². The van der Waals surface area contributed by atoms with Gasteiger partial charge in [0.05, 0.1) is 17.9 Å². The summed E-state index contributed by atoms with van der Waals surface area (Å²) in [6.45, 7) is 3.65. The van der Waals surface area contributed by atoms with E-state index >= 15 is 0 Å². The topological polar surface area (TPSA) is 40.5 Å². The zero-order valence-corrected chi connectivity index (χ0v) is 12.7. The number of benzene rings is 1. The Morgan fingerprint density at radius 3 is 3.05 bits per heavy atom. The summed E-state index contributed by atoms with van der Waals surface area (Å²) >= 11 is 0. The molecule has 0 fully saturated rings. The van der Waals surface area contributed by atoms with Crippen LogP contribution in [-0.2, 0) is 24.3 Å². The second kappa shape index (κ2) is 5.20. The predicted molar refractivity (Wildman–Crippen MR) is 83.1 cm³/mol. The first kappa shape index (κ1) is 13.4. The number of esters is 1. The van der Waals surface area contributed by atoms with E-state index in [1.165, 1.54) is 0 Å². The van der Waals surface area contributed by atoms with Gasteiger partial charge in [-0.1, -0.05) is 12.1 Å². The molecule has 0 amide bonds. The first-order valence-corrected chi connectivity index (χ1v) is 7.94. The van der Waals surface area contributed by atoms with Crippen molar-refractivity contribution in [3.8, 4) is 17.0 Å². The van der Waals surface area contributed by atoms with Crippen LogP contribution in [0.3, 0.4) is 0 Å². The van der Waals surface area contributed by atoms with Crippen molar-refractivity contribution < 1.29 is 14.3 Å². The first-order valence-electron chi connectivity index (χ1n) is 7.94. The third-order valence-electron chi connectivity index (χ3n) is 4.51. The van der Waals surface area contributed by atoms with Crippen molar-refractivity contribution in [3.05, 3.63) is 41.1 Å². The lowest BCUT2D eigenvalue weighted by atomic mass is 10.0. The maximum absolute atomic E-state index is 12.5. The Balaban J connectivity index is 1.96. The van der Waals surface area contributed by atoms with Gasteiger partial charge >= 0.3 is 5.97 Å². The van der Waals surface area contributed by atoms with Crippen molar-refractivity contribution in [3.63, 3.8) is 0 Å². The molecule has 0 spiro atoms. The van der Waals surface area contributed by atoms with E-state index in [0.717, 1.165) is 59.6 Å².